The van der Waals surface area contributed by atoms with Gasteiger partial charge in [0, 0.05) is 11.6 Å². The van der Waals surface area contributed by atoms with Crippen LogP contribution in [0.3, 0.4) is 0 Å². The highest BCUT2D eigenvalue weighted by molar-refractivity contribution is 6.30. The largest absolute Gasteiger partial charge is 0.393 e. The first-order chi connectivity index (χ1) is 8.69. The number of halogens is 1. The van der Waals surface area contributed by atoms with Crippen LogP contribution in [0.15, 0.2) is 18.2 Å². The second kappa shape index (κ2) is 6.08. The lowest BCUT2D eigenvalue weighted by atomic mass is 9.87. The molecule has 0 bridgehead atoms. The molecule has 4 heteroatoms. The van der Waals surface area contributed by atoms with Crippen molar-refractivity contribution in [2.45, 2.75) is 31.8 Å². The SMILES string of the molecule is N#Cc1cc(Cl)ccc1NCC1CCCC(O)C1. The van der Waals surface area contributed by atoms with Crippen molar-refractivity contribution in [3.8, 4) is 6.07 Å². The molecule has 2 N–H and O–H groups in total. The summed E-state index contributed by atoms with van der Waals surface area (Å²) in [5.41, 5.74) is 1.39. The topological polar surface area (TPSA) is 56.0 Å². The minimum Gasteiger partial charge on any atom is -0.393 e. The van der Waals surface area contributed by atoms with Gasteiger partial charge in [-0.05, 0) is 43.4 Å². The quantitative estimate of drug-likeness (QED) is 0.882. The van der Waals surface area contributed by atoms with Crippen molar-refractivity contribution >= 4 is 17.3 Å². The summed E-state index contributed by atoms with van der Waals surface area (Å²) in [7, 11) is 0. The summed E-state index contributed by atoms with van der Waals surface area (Å²) in [5, 5.41) is 22.5. The van der Waals surface area contributed by atoms with E-state index in [0.29, 0.717) is 16.5 Å². The minimum absolute atomic E-state index is 0.161. The third-order valence-corrected chi connectivity index (χ3v) is 3.67. The smallest absolute Gasteiger partial charge is 0.101 e. The number of hydrogen-bond donors (Lipinski definition) is 2. The molecule has 0 spiro atoms. The van der Waals surface area contributed by atoms with Crippen molar-refractivity contribution in [2.75, 3.05) is 11.9 Å². The van der Waals surface area contributed by atoms with Crippen molar-refractivity contribution in [3.63, 3.8) is 0 Å². The molecule has 1 aliphatic carbocycles. The molecule has 0 aliphatic heterocycles. The highest BCUT2D eigenvalue weighted by atomic mass is 35.5. The molecule has 0 amide bonds. The van der Waals surface area contributed by atoms with Gasteiger partial charge in [0.2, 0.25) is 0 Å². The van der Waals surface area contributed by atoms with E-state index in [1.165, 1.54) is 0 Å². The fraction of sp³-hybridized carbons (Fsp3) is 0.500. The summed E-state index contributed by atoms with van der Waals surface area (Å²) in [5.74, 6) is 0.482. The summed E-state index contributed by atoms with van der Waals surface area (Å²) < 4.78 is 0. The molecule has 1 aromatic carbocycles. The molecule has 18 heavy (non-hydrogen) atoms. The zero-order valence-corrected chi connectivity index (χ0v) is 11.0. The van der Waals surface area contributed by atoms with Gasteiger partial charge in [-0.1, -0.05) is 18.0 Å². The van der Waals surface area contributed by atoms with Gasteiger partial charge < -0.3 is 10.4 Å². The highest BCUT2D eigenvalue weighted by Crippen LogP contribution is 2.26. The molecule has 2 atom stereocenters. The zero-order valence-electron chi connectivity index (χ0n) is 10.2. The van der Waals surface area contributed by atoms with Crippen LogP contribution in [0.2, 0.25) is 5.02 Å². The lowest BCUT2D eigenvalue weighted by Gasteiger charge is -2.26. The van der Waals surface area contributed by atoms with Crippen LogP contribution in [0.5, 0.6) is 0 Å². The van der Waals surface area contributed by atoms with E-state index in [2.05, 4.69) is 11.4 Å². The number of nitriles is 1. The normalized spacial score (nSPS) is 23.4. The van der Waals surface area contributed by atoms with Crippen molar-refractivity contribution in [2.24, 2.45) is 5.92 Å². The summed E-state index contributed by atoms with van der Waals surface area (Å²) in [6.07, 6.45) is 3.83. The number of aliphatic hydroxyl groups excluding tert-OH is 1. The second-order valence-electron chi connectivity index (χ2n) is 4.87. The molecular weight excluding hydrogens is 248 g/mol. The lowest BCUT2D eigenvalue weighted by Crippen LogP contribution is -2.25. The maximum absolute atomic E-state index is 9.62. The molecule has 0 saturated heterocycles. The summed E-state index contributed by atoms with van der Waals surface area (Å²) >= 11 is 5.85. The molecule has 0 radical (unpaired) electrons. The van der Waals surface area contributed by atoms with Crippen LogP contribution in [0.1, 0.15) is 31.2 Å². The Bertz CT molecular complexity index is 456. The average molecular weight is 265 g/mol. The molecule has 2 rings (SSSR count). The Morgan fingerprint density at radius 3 is 3.00 bits per heavy atom. The van der Waals surface area contributed by atoms with Crippen LogP contribution >= 0.6 is 11.6 Å². The number of nitrogens with zero attached hydrogens (tertiary/aromatic N) is 1. The Kier molecular flexibility index (Phi) is 4.46. The molecule has 96 valence electrons. The van der Waals surface area contributed by atoms with Crippen LogP contribution in [-0.4, -0.2) is 17.8 Å². The van der Waals surface area contributed by atoms with Gasteiger partial charge in [-0.25, -0.2) is 0 Å². The van der Waals surface area contributed by atoms with Gasteiger partial charge in [0.15, 0.2) is 0 Å². The van der Waals surface area contributed by atoms with E-state index < -0.39 is 0 Å². The Labute approximate surface area is 112 Å². The molecule has 1 fully saturated rings. The van der Waals surface area contributed by atoms with E-state index in [9.17, 15) is 5.11 Å². The number of benzene rings is 1. The van der Waals surface area contributed by atoms with E-state index in [1.807, 2.05) is 6.07 Å². The Morgan fingerprint density at radius 1 is 1.44 bits per heavy atom. The Balaban J connectivity index is 1.96. The number of rotatable bonds is 3. The Hall–Kier alpha value is -1.24. The van der Waals surface area contributed by atoms with Gasteiger partial charge >= 0.3 is 0 Å². The van der Waals surface area contributed by atoms with Gasteiger partial charge in [-0.3, -0.25) is 0 Å². The zero-order chi connectivity index (χ0) is 13.0. The molecule has 1 aromatic rings. The molecule has 0 heterocycles. The van der Waals surface area contributed by atoms with E-state index in [0.717, 1.165) is 37.9 Å². The first-order valence-electron chi connectivity index (χ1n) is 6.30. The van der Waals surface area contributed by atoms with E-state index in [1.54, 1.807) is 12.1 Å². The van der Waals surface area contributed by atoms with Gasteiger partial charge in [-0.15, -0.1) is 0 Å². The van der Waals surface area contributed by atoms with Crippen LogP contribution in [0.4, 0.5) is 5.69 Å². The maximum Gasteiger partial charge on any atom is 0.101 e. The standard InChI is InChI=1S/C14H17ClN2O/c15-12-4-5-14(11(7-12)8-16)17-9-10-2-1-3-13(18)6-10/h4-5,7,10,13,17-18H,1-3,6,9H2. The summed E-state index contributed by atoms with van der Waals surface area (Å²) in [6.45, 7) is 0.799. The minimum atomic E-state index is -0.161. The molecule has 1 saturated carbocycles. The van der Waals surface area contributed by atoms with Gasteiger partial charge in [0.25, 0.3) is 0 Å². The fourth-order valence-electron chi connectivity index (χ4n) is 2.47. The van der Waals surface area contributed by atoms with Crippen LogP contribution in [0, 0.1) is 17.2 Å². The first kappa shape index (κ1) is 13.2. The van der Waals surface area contributed by atoms with E-state index in [-0.39, 0.29) is 6.10 Å². The van der Waals surface area contributed by atoms with E-state index in [4.69, 9.17) is 16.9 Å². The number of nitrogens with one attached hydrogen (secondary N) is 1. The first-order valence-corrected chi connectivity index (χ1v) is 6.68. The van der Waals surface area contributed by atoms with Gasteiger partial charge in [0.1, 0.15) is 6.07 Å². The number of anilines is 1. The molecule has 0 aromatic heterocycles. The number of aliphatic hydroxyl groups is 1. The van der Waals surface area contributed by atoms with Crippen LogP contribution < -0.4 is 5.32 Å². The maximum atomic E-state index is 9.62. The van der Waals surface area contributed by atoms with Crippen molar-refractivity contribution in [1.82, 2.24) is 0 Å². The summed E-state index contributed by atoms with van der Waals surface area (Å²) in [6, 6.07) is 7.41. The van der Waals surface area contributed by atoms with Crippen LogP contribution in [-0.2, 0) is 0 Å². The van der Waals surface area contributed by atoms with Gasteiger partial charge in [0.05, 0.1) is 17.4 Å². The third kappa shape index (κ3) is 3.38. The summed E-state index contributed by atoms with van der Waals surface area (Å²) in [4.78, 5) is 0. The highest BCUT2D eigenvalue weighted by Gasteiger charge is 2.20. The van der Waals surface area contributed by atoms with Crippen molar-refractivity contribution in [3.05, 3.63) is 28.8 Å². The van der Waals surface area contributed by atoms with E-state index >= 15 is 0 Å². The number of hydrogen-bond acceptors (Lipinski definition) is 3. The van der Waals surface area contributed by atoms with Crippen molar-refractivity contribution in [1.29, 1.82) is 5.26 Å². The second-order valence-corrected chi connectivity index (χ2v) is 5.31. The monoisotopic (exact) mass is 264 g/mol. The van der Waals surface area contributed by atoms with Crippen LogP contribution in [0.25, 0.3) is 0 Å². The average Bonchev–Trinajstić information content (AvgIpc) is 2.37. The molecule has 3 nitrogen and oxygen atoms in total. The predicted octanol–water partition coefficient (Wildman–Crippen LogP) is 3.17. The molecular formula is C14H17ClN2O. The van der Waals surface area contributed by atoms with Gasteiger partial charge in [-0.2, -0.15) is 5.26 Å². The third-order valence-electron chi connectivity index (χ3n) is 3.44. The predicted molar refractivity (Wildman–Crippen MR) is 72.6 cm³/mol. The molecule has 1 aliphatic rings. The van der Waals surface area contributed by atoms with Crippen molar-refractivity contribution < 1.29 is 5.11 Å². The Morgan fingerprint density at radius 2 is 2.28 bits per heavy atom. The molecule has 2 unspecified atom stereocenters. The fourth-order valence-corrected chi connectivity index (χ4v) is 2.64. The lowest BCUT2D eigenvalue weighted by molar-refractivity contribution is 0.105.